The zero-order valence-corrected chi connectivity index (χ0v) is 9.96. The first-order chi connectivity index (χ1) is 8.75. The predicted molar refractivity (Wildman–Crippen MR) is 65.4 cm³/mol. The first-order valence-corrected chi connectivity index (χ1v) is 6.06. The van der Waals surface area contributed by atoms with E-state index < -0.39 is 6.09 Å². The highest BCUT2D eigenvalue weighted by molar-refractivity contribution is 5.95. The normalized spacial score (nSPS) is 17.9. The summed E-state index contributed by atoms with van der Waals surface area (Å²) in [6, 6.07) is 8.05. The van der Waals surface area contributed by atoms with Crippen LogP contribution in [0.1, 0.15) is 5.56 Å². The van der Waals surface area contributed by atoms with Gasteiger partial charge in [0.05, 0.1) is 13.1 Å². The molecule has 0 unspecified atom stereocenters. The van der Waals surface area contributed by atoms with Crippen molar-refractivity contribution >= 4 is 17.7 Å². The molecule has 18 heavy (non-hydrogen) atoms. The lowest BCUT2D eigenvalue weighted by Crippen LogP contribution is -2.40. The second-order valence-corrected chi connectivity index (χ2v) is 4.46. The Morgan fingerprint density at radius 2 is 2.11 bits per heavy atom. The molecule has 0 aliphatic carbocycles. The SMILES string of the molecule is O=C(CN1CCc2ccccc21)N1CCOC1=O. The van der Waals surface area contributed by atoms with Crippen LogP contribution in [0.15, 0.2) is 24.3 Å². The van der Waals surface area contributed by atoms with Gasteiger partial charge in [0.1, 0.15) is 6.61 Å². The van der Waals surface area contributed by atoms with Gasteiger partial charge >= 0.3 is 6.09 Å². The molecule has 1 fully saturated rings. The molecule has 94 valence electrons. The molecule has 0 bridgehead atoms. The van der Waals surface area contributed by atoms with Gasteiger partial charge in [-0.05, 0) is 18.1 Å². The lowest BCUT2D eigenvalue weighted by atomic mass is 10.2. The van der Waals surface area contributed by atoms with E-state index >= 15 is 0 Å². The second-order valence-electron chi connectivity index (χ2n) is 4.46. The molecule has 0 atom stereocenters. The van der Waals surface area contributed by atoms with Gasteiger partial charge in [-0.2, -0.15) is 0 Å². The van der Waals surface area contributed by atoms with Gasteiger partial charge in [-0.15, -0.1) is 0 Å². The second kappa shape index (κ2) is 4.33. The summed E-state index contributed by atoms with van der Waals surface area (Å²) in [6.07, 6.45) is 0.431. The molecular formula is C13H14N2O3. The number of hydrogen-bond acceptors (Lipinski definition) is 4. The average molecular weight is 246 g/mol. The van der Waals surface area contributed by atoms with E-state index in [0.29, 0.717) is 13.2 Å². The number of hydrogen-bond donors (Lipinski definition) is 0. The van der Waals surface area contributed by atoms with Crippen LogP contribution in [0.4, 0.5) is 10.5 Å². The highest BCUT2D eigenvalue weighted by atomic mass is 16.6. The fourth-order valence-corrected chi connectivity index (χ4v) is 2.44. The summed E-state index contributed by atoms with van der Waals surface area (Å²) in [5.74, 6) is -0.186. The minimum atomic E-state index is -0.521. The largest absolute Gasteiger partial charge is 0.447 e. The molecule has 0 radical (unpaired) electrons. The molecule has 2 aliphatic rings. The van der Waals surface area contributed by atoms with Crippen LogP contribution >= 0.6 is 0 Å². The van der Waals surface area contributed by atoms with Gasteiger partial charge in [-0.1, -0.05) is 18.2 Å². The van der Waals surface area contributed by atoms with Crippen molar-refractivity contribution in [2.45, 2.75) is 6.42 Å². The van der Waals surface area contributed by atoms with Crippen LogP contribution in [0.3, 0.4) is 0 Å². The van der Waals surface area contributed by atoms with E-state index in [4.69, 9.17) is 4.74 Å². The number of rotatable bonds is 2. The number of ether oxygens (including phenoxy) is 1. The maximum atomic E-state index is 12.0. The Labute approximate surface area is 105 Å². The minimum Gasteiger partial charge on any atom is -0.447 e. The molecule has 0 aromatic heterocycles. The highest BCUT2D eigenvalue weighted by Gasteiger charge is 2.30. The van der Waals surface area contributed by atoms with Crippen molar-refractivity contribution in [1.82, 2.24) is 4.90 Å². The summed E-state index contributed by atoms with van der Waals surface area (Å²) in [6.45, 7) is 1.74. The van der Waals surface area contributed by atoms with Crippen molar-refractivity contribution in [3.63, 3.8) is 0 Å². The summed E-state index contributed by atoms with van der Waals surface area (Å²) in [5, 5.41) is 0. The number of anilines is 1. The third-order valence-corrected chi connectivity index (χ3v) is 3.37. The number of nitrogens with zero attached hydrogens (tertiary/aromatic N) is 2. The number of benzene rings is 1. The number of imide groups is 1. The first-order valence-electron chi connectivity index (χ1n) is 6.06. The average Bonchev–Trinajstić information content (AvgIpc) is 2.97. The summed E-state index contributed by atoms with van der Waals surface area (Å²) >= 11 is 0. The Hall–Kier alpha value is -2.04. The van der Waals surface area contributed by atoms with E-state index in [9.17, 15) is 9.59 Å². The number of cyclic esters (lactones) is 1. The fourth-order valence-electron chi connectivity index (χ4n) is 2.44. The quantitative estimate of drug-likeness (QED) is 0.782. The van der Waals surface area contributed by atoms with E-state index in [2.05, 4.69) is 6.07 Å². The Balaban J connectivity index is 1.71. The summed E-state index contributed by atoms with van der Waals surface area (Å²) in [4.78, 5) is 26.5. The van der Waals surface area contributed by atoms with E-state index in [1.54, 1.807) is 0 Å². The van der Waals surface area contributed by atoms with Gasteiger partial charge in [0.25, 0.3) is 5.91 Å². The van der Waals surface area contributed by atoms with Gasteiger partial charge in [0, 0.05) is 12.2 Å². The van der Waals surface area contributed by atoms with Crippen LogP contribution in [-0.2, 0) is 16.0 Å². The van der Waals surface area contributed by atoms with Crippen LogP contribution < -0.4 is 4.90 Å². The molecule has 0 spiro atoms. The third kappa shape index (κ3) is 1.81. The highest BCUT2D eigenvalue weighted by Crippen LogP contribution is 2.27. The summed E-state index contributed by atoms with van der Waals surface area (Å²) in [5.41, 5.74) is 2.35. The predicted octanol–water partition coefficient (Wildman–Crippen LogP) is 1.03. The number of fused-ring (bicyclic) bond motifs is 1. The van der Waals surface area contributed by atoms with E-state index in [1.807, 2.05) is 23.1 Å². The number of carbonyl (C=O) groups excluding carboxylic acids is 2. The first kappa shape index (κ1) is 11.1. The van der Waals surface area contributed by atoms with Crippen LogP contribution in [0.2, 0.25) is 0 Å². The Morgan fingerprint density at radius 1 is 1.28 bits per heavy atom. The molecule has 0 saturated carbocycles. The molecule has 3 rings (SSSR count). The van der Waals surface area contributed by atoms with Crippen LogP contribution in [0.25, 0.3) is 0 Å². The van der Waals surface area contributed by atoms with Crippen LogP contribution in [0, 0.1) is 0 Å². The monoisotopic (exact) mass is 246 g/mol. The Bertz CT molecular complexity index is 501. The van der Waals surface area contributed by atoms with Crippen molar-refractivity contribution in [1.29, 1.82) is 0 Å². The molecule has 1 aromatic carbocycles. The van der Waals surface area contributed by atoms with Crippen molar-refractivity contribution in [3.8, 4) is 0 Å². The van der Waals surface area contributed by atoms with E-state index in [-0.39, 0.29) is 12.5 Å². The molecule has 1 saturated heterocycles. The lowest BCUT2D eigenvalue weighted by molar-refractivity contribution is -0.126. The van der Waals surface area contributed by atoms with Crippen molar-refractivity contribution in [3.05, 3.63) is 29.8 Å². The smallest absolute Gasteiger partial charge is 0.416 e. The number of carbonyl (C=O) groups is 2. The third-order valence-electron chi connectivity index (χ3n) is 3.37. The zero-order valence-electron chi connectivity index (χ0n) is 9.96. The van der Waals surface area contributed by atoms with Gasteiger partial charge < -0.3 is 9.64 Å². The summed E-state index contributed by atoms with van der Waals surface area (Å²) in [7, 11) is 0. The maximum Gasteiger partial charge on any atom is 0.416 e. The fraction of sp³-hybridized carbons (Fsp3) is 0.385. The van der Waals surface area contributed by atoms with Crippen molar-refractivity contribution in [2.75, 3.05) is 31.1 Å². The van der Waals surface area contributed by atoms with Gasteiger partial charge in [-0.3, -0.25) is 4.79 Å². The molecule has 5 heteroatoms. The van der Waals surface area contributed by atoms with Gasteiger partial charge in [0.2, 0.25) is 0 Å². The summed E-state index contributed by atoms with van der Waals surface area (Å²) < 4.78 is 4.77. The van der Waals surface area contributed by atoms with E-state index in [1.165, 1.54) is 10.5 Å². The standard InChI is InChI=1S/C13H14N2O3/c16-12(15-7-8-18-13(15)17)9-14-6-5-10-3-1-2-4-11(10)14/h1-4H,5-9H2. The van der Waals surface area contributed by atoms with Gasteiger partial charge in [0.15, 0.2) is 0 Å². The van der Waals surface area contributed by atoms with Crippen molar-refractivity contribution < 1.29 is 14.3 Å². The maximum absolute atomic E-state index is 12.0. The zero-order chi connectivity index (χ0) is 12.5. The van der Waals surface area contributed by atoms with Crippen LogP contribution in [-0.4, -0.2) is 43.1 Å². The van der Waals surface area contributed by atoms with Crippen LogP contribution in [0.5, 0.6) is 0 Å². The molecule has 5 nitrogen and oxygen atoms in total. The molecule has 0 N–H and O–H groups in total. The van der Waals surface area contributed by atoms with Crippen molar-refractivity contribution in [2.24, 2.45) is 0 Å². The molecular weight excluding hydrogens is 232 g/mol. The Kier molecular flexibility index (Phi) is 2.66. The number of amides is 2. The molecule has 2 amide bonds. The molecule has 1 aromatic rings. The lowest BCUT2D eigenvalue weighted by Gasteiger charge is -2.20. The molecule has 2 aliphatic heterocycles. The topological polar surface area (TPSA) is 49.9 Å². The van der Waals surface area contributed by atoms with E-state index in [0.717, 1.165) is 18.7 Å². The minimum absolute atomic E-state index is 0.186. The molecule has 2 heterocycles. The Morgan fingerprint density at radius 3 is 2.89 bits per heavy atom. The van der Waals surface area contributed by atoms with Gasteiger partial charge in [-0.25, -0.2) is 9.69 Å². The number of para-hydroxylation sites is 1.